The summed E-state index contributed by atoms with van der Waals surface area (Å²) in [7, 11) is 0. The van der Waals surface area contributed by atoms with Gasteiger partial charge in [0.1, 0.15) is 4.32 Å². The molecular formula is C8H17NOS2. The minimum absolute atomic E-state index is 0.531. The highest BCUT2D eigenvalue weighted by Crippen LogP contribution is 2.02. The van der Waals surface area contributed by atoms with E-state index in [1.54, 1.807) is 0 Å². The van der Waals surface area contributed by atoms with Crippen LogP contribution < -0.4 is 5.73 Å². The Labute approximate surface area is 84.2 Å². The lowest BCUT2D eigenvalue weighted by Gasteiger charge is -2.01. The summed E-state index contributed by atoms with van der Waals surface area (Å²) >= 11 is 6.24. The Hall–Kier alpha value is 0.200. The highest BCUT2D eigenvalue weighted by molar-refractivity contribution is 8.22. The molecule has 2 N–H and O–H groups in total. The highest BCUT2D eigenvalue weighted by atomic mass is 32.2. The zero-order valence-electron chi connectivity index (χ0n) is 7.54. The van der Waals surface area contributed by atoms with Gasteiger partial charge in [0.05, 0.1) is 0 Å². The molecule has 0 heterocycles. The number of rotatable bonds is 7. The summed E-state index contributed by atoms with van der Waals surface area (Å²) in [5.74, 6) is 0.974. The number of hydrogen-bond acceptors (Lipinski definition) is 3. The third-order valence-electron chi connectivity index (χ3n) is 1.32. The summed E-state index contributed by atoms with van der Waals surface area (Å²) in [6.07, 6.45) is 3.38. The second kappa shape index (κ2) is 9.29. The van der Waals surface area contributed by atoms with Crippen LogP contribution in [0.3, 0.4) is 0 Å². The van der Waals surface area contributed by atoms with E-state index in [1.165, 1.54) is 18.2 Å². The van der Waals surface area contributed by atoms with Crippen LogP contribution >= 0.6 is 24.0 Å². The highest BCUT2D eigenvalue weighted by Gasteiger charge is 1.91. The van der Waals surface area contributed by atoms with Crippen LogP contribution in [0.15, 0.2) is 0 Å². The number of hydrogen-bond donors (Lipinski definition) is 1. The molecule has 72 valence electrons. The normalized spacial score (nSPS) is 10.1. The van der Waals surface area contributed by atoms with Gasteiger partial charge < -0.3 is 10.5 Å². The fourth-order valence-corrected chi connectivity index (χ4v) is 1.40. The lowest BCUT2D eigenvalue weighted by molar-refractivity contribution is 0.132. The molecule has 0 fully saturated rings. The maximum absolute atomic E-state index is 5.36. The topological polar surface area (TPSA) is 35.2 Å². The van der Waals surface area contributed by atoms with Crippen molar-refractivity contribution in [3.63, 3.8) is 0 Å². The number of thioether (sulfide) groups is 1. The van der Waals surface area contributed by atoms with Crippen molar-refractivity contribution in [3.05, 3.63) is 0 Å². The van der Waals surface area contributed by atoms with Gasteiger partial charge in [-0.05, 0) is 12.8 Å². The molecule has 2 nitrogen and oxygen atoms in total. The molecule has 0 aromatic heterocycles. The van der Waals surface area contributed by atoms with Gasteiger partial charge in [-0.1, -0.05) is 37.3 Å². The minimum atomic E-state index is 0.531. The van der Waals surface area contributed by atoms with Gasteiger partial charge in [0.2, 0.25) is 0 Å². The number of ether oxygens (including phenoxy) is 1. The van der Waals surface area contributed by atoms with Crippen LogP contribution in [0.5, 0.6) is 0 Å². The molecule has 0 aliphatic rings. The van der Waals surface area contributed by atoms with Crippen LogP contribution in [-0.2, 0) is 4.74 Å². The first-order valence-corrected chi connectivity index (χ1v) is 5.66. The van der Waals surface area contributed by atoms with Crippen LogP contribution in [0.2, 0.25) is 0 Å². The van der Waals surface area contributed by atoms with Crippen LogP contribution in [0.1, 0.15) is 26.2 Å². The molecular weight excluding hydrogens is 190 g/mol. The van der Waals surface area contributed by atoms with E-state index in [-0.39, 0.29) is 0 Å². The molecule has 4 heteroatoms. The predicted octanol–water partition coefficient (Wildman–Crippen LogP) is 2.17. The molecule has 0 unspecified atom stereocenters. The quantitative estimate of drug-likeness (QED) is 0.512. The fraction of sp³-hybridized carbons (Fsp3) is 0.875. The number of unbranched alkanes of at least 4 members (excludes halogenated alkanes) is 1. The van der Waals surface area contributed by atoms with Crippen molar-refractivity contribution >= 4 is 28.3 Å². The molecule has 0 saturated carbocycles. The first kappa shape index (κ1) is 12.2. The fourth-order valence-electron chi connectivity index (χ4n) is 0.682. The summed E-state index contributed by atoms with van der Waals surface area (Å²) in [6.45, 7) is 3.87. The average molecular weight is 207 g/mol. The smallest absolute Gasteiger partial charge is 0.131 e. The van der Waals surface area contributed by atoms with Crippen LogP contribution in [0, 0.1) is 0 Å². The van der Waals surface area contributed by atoms with Gasteiger partial charge >= 0.3 is 0 Å². The van der Waals surface area contributed by atoms with Gasteiger partial charge in [-0.15, -0.1) is 0 Å². The number of nitrogens with two attached hydrogens (primary N) is 1. The van der Waals surface area contributed by atoms with Crippen LogP contribution in [0.25, 0.3) is 0 Å². The molecule has 0 atom stereocenters. The summed E-state index contributed by atoms with van der Waals surface area (Å²) in [4.78, 5) is 0. The molecule has 0 aromatic rings. The first-order valence-electron chi connectivity index (χ1n) is 4.27. The Bertz CT molecular complexity index is 120. The van der Waals surface area contributed by atoms with Crippen LogP contribution in [0.4, 0.5) is 0 Å². The Balaban J connectivity index is 2.86. The Morgan fingerprint density at radius 1 is 1.42 bits per heavy atom. The standard InChI is InChI=1S/C8H17NOS2/c1-2-3-5-10-6-4-7-12-8(9)11/h2-7H2,1H3,(H2,9,11). The van der Waals surface area contributed by atoms with E-state index in [4.69, 9.17) is 22.7 Å². The second-order valence-corrected chi connectivity index (χ2v) is 4.32. The summed E-state index contributed by atoms with van der Waals surface area (Å²) in [5.41, 5.74) is 5.31. The summed E-state index contributed by atoms with van der Waals surface area (Å²) < 4.78 is 5.89. The summed E-state index contributed by atoms with van der Waals surface area (Å²) in [6, 6.07) is 0. The van der Waals surface area contributed by atoms with Gasteiger partial charge in [-0.3, -0.25) is 0 Å². The van der Waals surface area contributed by atoms with Crippen molar-refractivity contribution in [2.75, 3.05) is 19.0 Å². The van der Waals surface area contributed by atoms with E-state index in [1.807, 2.05) is 0 Å². The van der Waals surface area contributed by atoms with E-state index in [0.29, 0.717) is 4.32 Å². The van der Waals surface area contributed by atoms with Gasteiger partial charge in [0.15, 0.2) is 0 Å². The van der Waals surface area contributed by atoms with E-state index in [0.717, 1.165) is 31.8 Å². The maximum Gasteiger partial charge on any atom is 0.131 e. The van der Waals surface area contributed by atoms with E-state index in [9.17, 15) is 0 Å². The zero-order valence-corrected chi connectivity index (χ0v) is 9.18. The van der Waals surface area contributed by atoms with E-state index >= 15 is 0 Å². The van der Waals surface area contributed by atoms with Crippen molar-refractivity contribution in [3.8, 4) is 0 Å². The Kier molecular flexibility index (Phi) is 9.44. The molecule has 0 aliphatic carbocycles. The van der Waals surface area contributed by atoms with Gasteiger partial charge in [-0.25, -0.2) is 0 Å². The molecule has 0 spiro atoms. The van der Waals surface area contributed by atoms with Crippen molar-refractivity contribution < 1.29 is 4.74 Å². The van der Waals surface area contributed by atoms with Gasteiger partial charge in [0, 0.05) is 19.0 Å². The summed E-state index contributed by atoms with van der Waals surface area (Å²) in [5, 5.41) is 0. The third-order valence-corrected chi connectivity index (χ3v) is 2.45. The first-order chi connectivity index (χ1) is 5.77. The minimum Gasteiger partial charge on any atom is -0.385 e. The zero-order chi connectivity index (χ0) is 9.23. The Morgan fingerprint density at radius 2 is 2.08 bits per heavy atom. The SMILES string of the molecule is CCCCOCCCSC(N)=S. The molecule has 0 radical (unpaired) electrons. The van der Waals surface area contributed by atoms with Crippen molar-refractivity contribution in [2.24, 2.45) is 5.73 Å². The molecule has 0 saturated heterocycles. The van der Waals surface area contributed by atoms with E-state index < -0.39 is 0 Å². The lowest BCUT2D eigenvalue weighted by Crippen LogP contribution is -2.04. The van der Waals surface area contributed by atoms with Gasteiger partial charge in [-0.2, -0.15) is 0 Å². The molecule has 0 rings (SSSR count). The van der Waals surface area contributed by atoms with E-state index in [2.05, 4.69) is 6.92 Å². The van der Waals surface area contributed by atoms with Gasteiger partial charge in [0.25, 0.3) is 0 Å². The lowest BCUT2D eigenvalue weighted by atomic mass is 10.4. The molecule has 0 aliphatic heterocycles. The molecule has 0 aromatic carbocycles. The average Bonchev–Trinajstić information content (AvgIpc) is 2.02. The Morgan fingerprint density at radius 3 is 2.67 bits per heavy atom. The van der Waals surface area contributed by atoms with Crippen LogP contribution in [-0.4, -0.2) is 23.3 Å². The van der Waals surface area contributed by atoms with Crippen molar-refractivity contribution in [2.45, 2.75) is 26.2 Å². The predicted molar refractivity (Wildman–Crippen MR) is 59.6 cm³/mol. The van der Waals surface area contributed by atoms with Crippen molar-refractivity contribution in [1.82, 2.24) is 0 Å². The largest absolute Gasteiger partial charge is 0.385 e. The molecule has 0 bridgehead atoms. The third kappa shape index (κ3) is 10.2. The number of thiocarbonyl (C=S) groups is 1. The van der Waals surface area contributed by atoms with Crippen molar-refractivity contribution in [1.29, 1.82) is 0 Å². The monoisotopic (exact) mass is 207 g/mol. The molecule has 12 heavy (non-hydrogen) atoms. The molecule has 0 amide bonds. The second-order valence-electron chi connectivity index (χ2n) is 2.49. The maximum atomic E-state index is 5.36.